The van der Waals surface area contributed by atoms with Gasteiger partial charge in [-0.3, -0.25) is 4.79 Å². The maximum atomic E-state index is 13.7. The molecule has 8 heteroatoms. The smallest absolute Gasteiger partial charge is 0.320 e. The number of aromatic amines is 1. The van der Waals surface area contributed by atoms with Crippen molar-refractivity contribution in [2.45, 2.75) is 19.4 Å². The highest BCUT2D eigenvalue weighted by atomic mass is 16.5. The topological polar surface area (TPSA) is 84.1 Å². The quantitative estimate of drug-likeness (QED) is 0.645. The second-order valence-electron chi connectivity index (χ2n) is 8.78. The van der Waals surface area contributed by atoms with Crippen molar-refractivity contribution >= 4 is 16.9 Å². The van der Waals surface area contributed by atoms with Gasteiger partial charge in [-0.15, -0.1) is 0 Å². The number of carbonyl (C=O) groups excluding carboxylic acids is 1. The number of hydrogen-bond acceptors (Lipinski definition) is 5. The Balaban J connectivity index is 1.68. The van der Waals surface area contributed by atoms with Crippen LogP contribution in [0.2, 0.25) is 0 Å². The first-order chi connectivity index (χ1) is 16.5. The highest BCUT2D eigenvalue weighted by Crippen LogP contribution is 2.41. The number of rotatable bonds is 3. The van der Waals surface area contributed by atoms with Crippen LogP contribution in [0.25, 0.3) is 10.9 Å². The van der Waals surface area contributed by atoms with Crippen molar-refractivity contribution in [3.63, 3.8) is 0 Å². The van der Waals surface area contributed by atoms with E-state index in [-0.39, 0.29) is 11.6 Å². The number of aryl methyl sites for hydroxylation is 1. The number of hydrogen-bond donors (Lipinski definition) is 1. The summed E-state index contributed by atoms with van der Waals surface area (Å²) in [5.74, 6) is 1.20. The highest BCUT2D eigenvalue weighted by Gasteiger charge is 2.37. The Morgan fingerprint density at radius 2 is 1.74 bits per heavy atom. The van der Waals surface area contributed by atoms with Crippen molar-refractivity contribution in [3.05, 3.63) is 69.0 Å². The average molecular weight is 464 g/mol. The minimum Gasteiger partial charge on any atom is -0.493 e. The molecular weight excluding hydrogens is 434 g/mol. The summed E-state index contributed by atoms with van der Waals surface area (Å²) in [6.45, 7) is 4.59. The number of nitrogens with one attached hydrogen (secondary N) is 1. The van der Waals surface area contributed by atoms with Crippen LogP contribution in [0.1, 0.15) is 28.3 Å². The molecule has 1 saturated heterocycles. The summed E-state index contributed by atoms with van der Waals surface area (Å²) in [6, 6.07) is 11.1. The van der Waals surface area contributed by atoms with Gasteiger partial charge >= 0.3 is 6.03 Å². The second-order valence-corrected chi connectivity index (χ2v) is 8.78. The van der Waals surface area contributed by atoms with E-state index in [1.807, 2.05) is 48.2 Å². The Kier molecular flexibility index (Phi) is 5.91. The van der Waals surface area contributed by atoms with Crippen LogP contribution in [0.4, 0.5) is 4.79 Å². The third-order valence-electron chi connectivity index (χ3n) is 6.73. The van der Waals surface area contributed by atoms with Crippen molar-refractivity contribution in [2.24, 2.45) is 0 Å². The Morgan fingerprint density at radius 1 is 1.00 bits per heavy atom. The molecule has 178 valence electrons. The number of carbonyl (C=O) groups is 1. The van der Waals surface area contributed by atoms with E-state index < -0.39 is 6.04 Å². The third kappa shape index (κ3) is 3.88. The lowest BCUT2D eigenvalue weighted by molar-refractivity contribution is 0.0399. The fraction of sp³-hybridized carbons (Fsp3) is 0.385. The molecule has 8 nitrogen and oxygen atoms in total. The Bertz CT molecular complexity index is 1300. The lowest BCUT2D eigenvalue weighted by atomic mass is 9.87. The van der Waals surface area contributed by atoms with Crippen LogP contribution in [0.3, 0.4) is 0 Å². The van der Waals surface area contributed by atoms with Crippen LogP contribution in [0, 0.1) is 6.92 Å². The number of H-pyrrole nitrogens is 1. The molecule has 1 aromatic heterocycles. The van der Waals surface area contributed by atoms with Crippen molar-refractivity contribution in [1.82, 2.24) is 14.8 Å². The number of methoxy groups -OCH3 is 2. The van der Waals surface area contributed by atoms with Crippen LogP contribution in [0.15, 0.2) is 41.2 Å². The van der Waals surface area contributed by atoms with Crippen molar-refractivity contribution < 1.29 is 19.0 Å². The molecule has 0 spiro atoms. The fourth-order valence-electron chi connectivity index (χ4n) is 4.96. The minimum absolute atomic E-state index is 0.0860. The summed E-state index contributed by atoms with van der Waals surface area (Å²) in [7, 11) is 3.19. The molecule has 1 atom stereocenters. The summed E-state index contributed by atoms with van der Waals surface area (Å²) < 4.78 is 16.5. The van der Waals surface area contributed by atoms with Gasteiger partial charge in [0.1, 0.15) is 0 Å². The largest absolute Gasteiger partial charge is 0.493 e. The van der Waals surface area contributed by atoms with Gasteiger partial charge in [-0.1, -0.05) is 12.1 Å². The van der Waals surface area contributed by atoms with E-state index in [1.165, 1.54) is 0 Å². The molecule has 2 amide bonds. The molecule has 5 rings (SSSR count). The molecule has 3 aromatic rings. The van der Waals surface area contributed by atoms with Crippen LogP contribution >= 0.6 is 0 Å². The van der Waals surface area contributed by atoms with Gasteiger partial charge in [0, 0.05) is 30.7 Å². The summed E-state index contributed by atoms with van der Waals surface area (Å²) in [5, 5.41) is 0.923. The van der Waals surface area contributed by atoms with E-state index in [0.29, 0.717) is 56.3 Å². The van der Waals surface area contributed by atoms with Gasteiger partial charge in [0.05, 0.1) is 33.5 Å². The summed E-state index contributed by atoms with van der Waals surface area (Å²) >= 11 is 0. The molecule has 1 fully saturated rings. The first kappa shape index (κ1) is 22.3. The van der Waals surface area contributed by atoms with Gasteiger partial charge in [-0.05, 0) is 59.7 Å². The molecule has 2 aliphatic heterocycles. The van der Waals surface area contributed by atoms with Gasteiger partial charge in [-0.25, -0.2) is 4.79 Å². The molecule has 2 aliphatic rings. The molecule has 1 unspecified atom stereocenters. The number of benzene rings is 2. The van der Waals surface area contributed by atoms with E-state index in [9.17, 15) is 9.59 Å². The SMILES string of the molecule is COc1cc2c(cc1OC)C(c1cc3ccc(C)cc3[nH]c1=O)N(C(=O)N1CCOCC1)CC2. The first-order valence-electron chi connectivity index (χ1n) is 11.5. The van der Waals surface area contributed by atoms with Crippen molar-refractivity contribution in [1.29, 1.82) is 0 Å². The standard InChI is InChI=1S/C26H29N3O5/c1-16-4-5-18-13-20(25(30)27-21(18)12-16)24-19-15-23(33-3)22(32-2)14-17(19)6-7-29(24)26(31)28-8-10-34-11-9-28/h4-5,12-15,24H,6-11H2,1-3H3,(H,27,30). The molecule has 34 heavy (non-hydrogen) atoms. The molecule has 2 aromatic carbocycles. The number of fused-ring (bicyclic) bond motifs is 2. The van der Waals surface area contributed by atoms with Gasteiger partial charge in [0.25, 0.3) is 5.56 Å². The van der Waals surface area contributed by atoms with E-state index in [1.54, 1.807) is 19.1 Å². The first-order valence-corrected chi connectivity index (χ1v) is 11.5. The predicted molar refractivity (Wildman–Crippen MR) is 129 cm³/mol. The Morgan fingerprint density at radius 3 is 2.47 bits per heavy atom. The van der Waals surface area contributed by atoms with Gasteiger partial charge < -0.3 is 29.0 Å². The van der Waals surface area contributed by atoms with Crippen LogP contribution in [0.5, 0.6) is 11.5 Å². The van der Waals surface area contributed by atoms with E-state index >= 15 is 0 Å². The van der Waals surface area contributed by atoms with Crippen LogP contribution in [-0.4, -0.2) is 67.9 Å². The lowest BCUT2D eigenvalue weighted by Gasteiger charge is -2.41. The van der Waals surface area contributed by atoms with Crippen molar-refractivity contribution in [2.75, 3.05) is 47.1 Å². The number of morpholine rings is 1. The molecule has 1 N–H and O–H groups in total. The van der Waals surface area contributed by atoms with E-state index in [2.05, 4.69) is 4.98 Å². The number of nitrogens with zero attached hydrogens (tertiary/aromatic N) is 2. The molecule has 0 bridgehead atoms. The lowest BCUT2D eigenvalue weighted by Crippen LogP contribution is -2.52. The third-order valence-corrected chi connectivity index (χ3v) is 6.73. The monoisotopic (exact) mass is 463 g/mol. The zero-order chi connectivity index (χ0) is 23.8. The molecular formula is C26H29N3O5. The normalized spacial score (nSPS) is 18.0. The van der Waals surface area contributed by atoms with Crippen molar-refractivity contribution in [3.8, 4) is 11.5 Å². The molecule has 0 radical (unpaired) electrons. The van der Waals surface area contributed by atoms with Gasteiger partial charge in [0.15, 0.2) is 11.5 Å². The minimum atomic E-state index is -0.548. The van der Waals surface area contributed by atoms with Crippen LogP contribution < -0.4 is 15.0 Å². The fourth-order valence-corrected chi connectivity index (χ4v) is 4.96. The number of aromatic nitrogens is 1. The maximum absolute atomic E-state index is 13.7. The second kappa shape index (κ2) is 9.02. The number of urea groups is 1. The summed E-state index contributed by atoms with van der Waals surface area (Å²) in [5.41, 5.74) is 4.10. The Labute approximate surface area is 198 Å². The zero-order valence-corrected chi connectivity index (χ0v) is 19.7. The number of ether oxygens (including phenoxy) is 3. The number of pyridine rings is 1. The number of amides is 2. The molecule has 3 heterocycles. The van der Waals surface area contributed by atoms with Gasteiger partial charge in [0.2, 0.25) is 0 Å². The zero-order valence-electron chi connectivity index (χ0n) is 19.7. The maximum Gasteiger partial charge on any atom is 0.320 e. The highest BCUT2D eigenvalue weighted by molar-refractivity contribution is 5.81. The van der Waals surface area contributed by atoms with Crippen LogP contribution in [-0.2, 0) is 11.2 Å². The van der Waals surface area contributed by atoms with Gasteiger partial charge in [-0.2, -0.15) is 0 Å². The molecule has 0 aliphatic carbocycles. The molecule has 0 saturated carbocycles. The summed E-state index contributed by atoms with van der Waals surface area (Å²) in [4.78, 5) is 33.7. The van der Waals surface area contributed by atoms with E-state index in [4.69, 9.17) is 14.2 Å². The Hall–Kier alpha value is -3.52. The van der Waals surface area contributed by atoms with E-state index in [0.717, 1.165) is 27.6 Å². The summed E-state index contributed by atoms with van der Waals surface area (Å²) in [6.07, 6.45) is 0.660. The average Bonchev–Trinajstić information content (AvgIpc) is 2.87. The predicted octanol–water partition coefficient (Wildman–Crippen LogP) is 3.25.